The van der Waals surface area contributed by atoms with Gasteiger partial charge in [0, 0.05) is 13.3 Å². The average molecular weight is 375 g/mol. The van der Waals surface area contributed by atoms with Crippen molar-refractivity contribution < 1.29 is 33.4 Å². The van der Waals surface area contributed by atoms with Crippen LogP contribution in [0.15, 0.2) is 24.3 Å². The molecule has 1 fully saturated rings. The van der Waals surface area contributed by atoms with E-state index in [0.29, 0.717) is 11.3 Å². The molecule has 0 bridgehead atoms. The number of ketones is 1. The van der Waals surface area contributed by atoms with Crippen molar-refractivity contribution in [2.24, 2.45) is 0 Å². The van der Waals surface area contributed by atoms with Gasteiger partial charge in [0.2, 0.25) is 5.78 Å². The molecule has 9 nitrogen and oxygen atoms in total. The predicted molar refractivity (Wildman–Crippen MR) is 94.1 cm³/mol. The highest BCUT2D eigenvalue weighted by atomic mass is 16.6. The summed E-state index contributed by atoms with van der Waals surface area (Å²) in [5.74, 6) is -0.937. The molecule has 142 valence electrons. The van der Waals surface area contributed by atoms with Crippen LogP contribution in [0.5, 0.6) is 5.75 Å². The molecular weight excluding hydrogens is 356 g/mol. The highest BCUT2D eigenvalue weighted by Gasteiger charge is 2.38. The van der Waals surface area contributed by atoms with Crippen molar-refractivity contribution in [3.05, 3.63) is 29.8 Å². The molecule has 2 rings (SSSR count). The number of hydrogen-bond acceptors (Lipinski definition) is 7. The Kier molecular flexibility index (Phi) is 6.85. The van der Waals surface area contributed by atoms with E-state index in [9.17, 15) is 19.2 Å². The number of rotatable bonds is 7. The van der Waals surface area contributed by atoms with Gasteiger partial charge in [-0.05, 0) is 24.1 Å². The first-order valence-corrected chi connectivity index (χ1v) is 8.10. The third kappa shape index (κ3) is 5.79. The van der Waals surface area contributed by atoms with E-state index in [1.165, 1.54) is 6.92 Å². The van der Waals surface area contributed by atoms with E-state index >= 15 is 0 Å². The molecule has 27 heavy (non-hydrogen) atoms. The number of amides is 1. The van der Waals surface area contributed by atoms with Crippen LogP contribution in [-0.4, -0.2) is 54.4 Å². The number of ether oxygens (including phenoxy) is 3. The molecule has 1 saturated heterocycles. The van der Waals surface area contributed by atoms with Gasteiger partial charge >= 0.3 is 24.2 Å². The molecule has 0 radical (unpaired) electrons. The van der Waals surface area contributed by atoms with E-state index in [1.54, 1.807) is 24.3 Å². The Bertz CT molecular complexity index is 781. The molecule has 0 unspecified atom stereocenters. The molecule has 0 aromatic heterocycles. The maximum absolute atomic E-state index is 12.2. The zero-order chi connectivity index (χ0) is 19.8. The minimum atomic E-state index is -0.883. The number of esters is 2. The smallest absolute Gasteiger partial charge is 0.413 e. The van der Waals surface area contributed by atoms with E-state index in [1.807, 2.05) is 0 Å². The van der Waals surface area contributed by atoms with E-state index in [-0.39, 0.29) is 32.0 Å². The number of hydrogen-bond donors (Lipinski definition) is 0. The molecule has 1 aromatic carbocycles. The summed E-state index contributed by atoms with van der Waals surface area (Å²) in [5, 5.41) is 0. The fraction of sp³-hybridized carbons (Fsp3) is 0.333. The van der Waals surface area contributed by atoms with Crippen LogP contribution < -0.4 is 9.40 Å². The van der Waals surface area contributed by atoms with Gasteiger partial charge in [0.05, 0.1) is 0 Å². The third-order valence-corrected chi connectivity index (χ3v) is 3.68. The monoisotopic (exact) mass is 375 g/mol. The lowest BCUT2D eigenvalue weighted by molar-refractivity contribution is -0.139. The quantitative estimate of drug-likeness (QED) is 0.297. The van der Waals surface area contributed by atoms with Crippen molar-refractivity contribution in [3.63, 3.8) is 0 Å². The van der Waals surface area contributed by atoms with Crippen LogP contribution in [0.3, 0.4) is 0 Å². The molecular formula is C18H19N2O7+. The Morgan fingerprint density at radius 3 is 2.67 bits per heavy atom. The molecule has 1 aliphatic rings. The van der Waals surface area contributed by atoms with Gasteiger partial charge in [0.25, 0.3) is 6.72 Å². The molecule has 0 N–H and O–H groups in total. The van der Waals surface area contributed by atoms with Crippen LogP contribution in [0.2, 0.25) is 0 Å². The highest BCUT2D eigenvalue weighted by Crippen LogP contribution is 2.19. The first-order chi connectivity index (χ1) is 12.9. The zero-order valence-electron chi connectivity index (χ0n) is 14.8. The average Bonchev–Trinajstić information content (AvgIpc) is 2.99. The van der Waals surface area contributed by atoms with E-state index in [0.717, 1.165) is 11.1 Å². The predicted octanol–water partition coefficient (Wildman–Crippen LogP) is 0.621. The second kappa shape index (κ2) is 9.30. The molecule has 1 heterocycles. The molecule has 0 spiro atoms. The lowest BCUT2D eigenvalue weighted by Gasteiger charge is -2.19. The van der Waals surface area contributed by atoms with Crippen LogP contribution in [-0.2, 0) is 30.5 Å². The van der Waals surface area contributed by atoms with Crippen molar-refractivity contribution in [1.29, 1.82) is 0 Å². The number of Topliss-reactive ketones (excluding diaryl/α,β-unsaturated/α-hetero) is 1. The summed E-state index contributed by atoms with van der Waals surface area (Å²) < 4.78 is 18.3. The van der Waals surface area contributed by atoms with Crippen molar-refractivity contribution in [3.8, 4) is 5.75 Å². The first kappa shape index (κ1) is 19.9. The van der Waals surface area contributed by atoms with Gasteiger partial charge in [0.15, 0.2) is 6.73 Å². The molecule has 0 saturated carbocycles. The van der Waals surface area contributed by atoms with Crippen molar-refractivity contribution in [2.45, 2.75) is 32.4 Å². The van der Waals surface area contributed by atoms with Crippen molar-refractivity contribution >= 4 is 36.7 Å². The number of cyclic esters (lactones) is 1. The molecule has 1 aliphatic heterocycles. The van der Waals surface area contributed by atoms with Crippen LogP contribution in [0.4, 0.5) is 4.79 Å². The highest BCUT2D eigenvalue weighted by molar-refractivity contribution is 6.27. The van der Waals surface area contributed by atoms with Gasteiger partial charge in [-0.25, -0.2) is 9.59 Å². The van der Waals surface area contributed by atoms with Crippen LogP contribution in [0, 0.1) is 0 Å². The molecule has 0 aliphatic carbocycles. The van der Waals surface area contributed by atoms with Crippen molar-refractivity contribution in [2.75, 3.05) is 6.73 Å². The second-order valence-electron chi connectivity index (χ2n) is 5.69. The Labute approximate surface area is 155 Å². The van der Waals surface area contributed by atoms with E-state index in [2.05, 4.69) is 11.4 Å². The Hall–Kier alpha value is -3.45. The normalized spacial score (nSPS) is 15.5. The SMILES string of the molecule is C=[N+]=CC(=O)CC[C@H]1C(=O)OCN1C(=O)OCc1ccc(OC(C)=O)cc1. The number of carbonyl (C=O) groups is 4. The number of nitrogens with zero attached hydrogens (tertiary/aromatic N) is 2. The topological polar surface area (TPSA) is 113 Å². The lowest BCUT2D eigenvalue weighted by Crippen LogP contribution is -2.38. The van der Waals surface area contributed by atoms with Crippen LogP contribution in [0.25, 0.3) is 0 Å². The second-order valence-corrected chi connectivity index (χ2v) is 5.69. The van der Waals surface area contributed by atoms with Gasteiger partial charge in [-0.15, -0.1) is 4.67 Å². The molecule has 1 aromatic rings. The summed E-state index contributed by atoms with van der Waals surface area (Å²) in [5.41, 5.74) is 0.670. The summed E-state index contributed by atoms with van der Waals surface area (Å²) in [6.07, 6.45) is 0.464. The Morgan fingerprint density at radius 2 is 2.04 bits per heavy atom. The standard InChI is InChI=1S/C18H19N2O7/c1-12(21)27-15-6-3-13(4-7-15)10-25-18(24)20-11-26-17(23)16(20)8-5-14(22)9-19-2/h3-4,6-7,9,16H,2,5,8,10-11H2,1H3/q+1/t16-/m0/s1. The van der Waals surface area contributed by atoms with Gasteiger partial charge in [-0.3, -0.25) is 14.5 Å². The van der Waals surface area contributed by atoms with Crippen LogP contribution >= 0.6 is 0 Å². The summed E-state index contributed by atoms with van der Waals surface area (Å²) in [6, 6.07) is 5.56. The fourth-order valence-corrected chi connectivity index (χ4v) is 2.39. The lowest BCUT2D eigenvalue weighted by atomic mass is 10.1. The van der Waals surface area contributed by atoms with E-state index < -0.39 is 24.1 Å². The van der Waals surface area contributed by atoms with Gasteiger partial charge in [-0.1, -0.05) is 12.1 Å². The van der Waals surface area contributed by atoms with Crippen molar-refractivity contribution in [1.82, 2.24) is 9.57 Å². The third-order valence-electron chi connectivity index (χ3n) is 3.68. The van der Waals surface area contributed by atoms with Crippen LogP contribution in [0.1, 0.15) is 25.3 Å². The van der Waals surface area contributed by atoms with Gasteiger partial charge in [-0.2, -0.15) is 0 Å². The fourth-order valence-electron chi connectivity index (χ4n) is 2.39. The molecule has 9 heteroatoms. The largest absolute Gasteiger partial charge is 0.444 e. The first-order valence-electron chi connectivity index (χ1n) is 8.10. The number of carbonyl (C=O) groups excluding carboxylic acids is 4. The summed E-state index contributed by atoms with van der Waals surface area (Å²) in [6.45, 7) is 4.21. The summed E-state index contributed by atoms with van der Waals surface area (Å²) in [7, 11) is 0. The molecule has 1 atom stereocenters. The minimum absolute atomic E-state index is 0.0280. The Balaban J connectivity index is 1.89. The number of benzene rings is 1. The van der Waals surface area contributed by atoms with Gasteiger partial charge in [0.1, 0.15) is 18.4 Å². The minimum Gasteiger partial charge on any atom is -0.444 e. The van der Waals surface area contributed by atoms with E-state index in [4.69, 9.17) is 14.2 Å². The molecule has 1 amide bonds. The summed E-state index contributed by atoms with van der Waals surface area (Å²) in [4.78, 5) is 47.5. The Morgan fingerprint density at radius 1 is 1.33 bits per heavy atom. The van der Waals surface area contributed by atoms with Gasteiger partial charge < -0.3 is 14.2 Å². The maximum Gasteiger partial charge on any atom is 0.413 e. The summed E-state index contributed by atoms with van der Waals surface area (Å²) >= 11 is 0. The zero-order valence-corrected chi connectivity index (χ0v) is 14.8. The maximum atomic E-state index is 12.2.